The van der Waals surface area contributed by atoms with Gasteiger partial charge in [0.25, 0.3) is 5.56 Å². The molecular formula is C20H16ClN3O2S. The average molecular weight is 398 g/mol. The van der Waals surface area contributed by atoms with E-state index < -0.39 is 0 Å². The van der Waals surface area contributed by atoms with Crippen molar-refractivity contribution in [1.29, 1.82) is 0 Å². The van der Waals surface area contributed by atoms with Gasteiger partial charge in [0, 0.05) is 21.7 Å². The van der Waals surface area contributed by atoms with Crippen molar-refractivity contribution in [2.45, 2.75) is 13.0 Å². The topological polar surface area (TPSA) is 64.0 Å². The number of benzene rings is 2. The van der Waals surface area contributed by atoms with Crippen molar-refractivity contribution in [2.75, 3.05) is 6.54 Å². The summed E-state index contributed by atoms with van der Waals surface area (Å²) in [6.45, 7) is 0.449. The Kier molecular flexibility index (Phi) is 4.92. The Morgan fingerprint density at radius 1 is 1.15 bits per heavy atom. The molecule has 4 rings (SSSR count). The highest BCUT2D eigenvalue weighted by atomic mass is 35.5. The van der Waals surface area contributed by atoms with E-state index in [1.54, 1.807) is 0 Å². The Bertz CT molecular complexity index is 1180. The van der Waals surface area contributed by atoms with Crippen LogP contribution < -0.4 is 10.9 Å². The van der Waals surface area contributed by atoms with E-state index in [0.29, 0.717) is 28.2 Å². The lowest BCUT2D eigenvalue weighted by Gasteiger charge is -2.07. The first kappa shape index (κ1) is 17.7. The van der Waals surface area contributed by atoms with Gasteiger partial charge in [0.05, 0.1) is 11.8 Å². The second kappa shape index (κ2) is 7.50. The fourth-order valence-electron chi connectivity index (χ4n) is 2.94. The second-order valence-electron chi connectivity index (χ2n) is 6.18. The number of nitrogens with zero attached hydrogens (tertiary/aromatic N) is 2. The molecule has 0 bridgehead atoms. The molecule has 0 saturated carbocycles. The lowest BCUT2D eigenvalue weighted by Crippen LogP contribution is -2.33. The molecule has 0 spiro atoms. The van der Waals surface area contributed by atoms with Crippen LogP contribution in [0.1, 0.15) is 5.56 Å². The highest BCUT2D eigenvalue weighted by Gasteiger charge is 2.12. The highest BCUT2D eigenvalue weighted by molar-refractivity contribution is 7.25. The van der Waals surface area contributed by atoms with Crippen molar-refractivity contribution in [3.8, 4) is 0 Å². The quantitative estimate of drug-likeness (QED) is 0.559. The van der Waals surface area contributed by atoms with Crippen LogP contribution in [-0.2, 0) is 17.8 Å². The zero-order chi connectivity index (χ0) is 18.8. The maximum absolute atomic E-state index is 12.7. The summed E-state index contributed by atoms with van der Waals surface area (Å²) in [4.78, 5) is 29.3. The van der Waals surface area contributed by atoms with Gasteiger partial charge in [-0.25, -0.2) is 4.98 Å². The zero-order valence-corrected chi connectivity index (χ0v) is 15.9. The first-order chi connectivity index (χ1) is 13.1. The molecule has 0 atom stereocenters. The lowest BCUT2D eigenvalue weighted by molar-refractivity contribution is -0.121. The predicted molar refractivity (Wildman–Crippen MR) is 110 cm³/mol. The third kappa shape index (κ3) is 3.72. The van der Waals surface area contributed by atoms with Crippen LogP contribution in [0.5, 0.6) is 0 Å². The zero-order valence-electron chi connectivity index (χ0n) is 14.3. The summed E-state index contributed by atoms with van der Waals surface area (Å²) in [5, 5.41) is 4.49. The normalized spacial score (nSPS) is 11.1. The van der Waals surface area contributed by atoms with E-state index in [1.807, 2.05) is 48.5 Å². The first-order valence-corrected chi connectivity index (χ1v) is 9.69. The van der Waals surface area contributed by atoms with E-state index in [2.05, 4.69) is 10.3 Å². The number of fused-ring (bicyclic) bond motifs is 3. The molecule has 2 heterocycles. The molecule has 0 aliphatic carbocycles. The van der Waals surface area contributed by atoms with Gasteiger partial charge in [-0.3, -0.25) is 14.2 Å². The summed E-state index contributed by atoms with van der Waals surface area (Å²) in [6, 6.07) is 15.3. The molecule has 0 saturated heterocycles. The standard InChI is InChI=1S/C20H16ClN3O2S/c21-14-7-5-13(6-8-14)9-10-22-17(25)11-24-12-23-18-15-3-1-2-4-16(15)27-19(18)20(24)26/h1-8,12H,9-11H2,(H,22,25). The third-order valence-corrected chi connectivity index (χ3v) is 5.71. The van der Waals surface area contributed by atoms with E-state index in [0.717, 1.165) is 15.6 Å². The number of thiophene rings is 1. The monoisotopic (exact) mass is 397 g/mol. The van der Waals surface area contributed by atoms with Crippen LogP contribution in [0.25, 0.3) is 20.3 Å². The fraction of sp³-hybridized carbons (Fsp3) is 0.150. The number of carbonyl (C=O) groups excluding carboxylic acids is 1. The van der Waals surface area contributed by atoms with Crippen molar-refractivity contribution in [2.24, 2.45) is 0 Å². The Morgan fingerprint density at radius 3 is 2.74 bits per heavy atom. The summed E-state index contributed by atoms with van der Waals surface area (Å²) in [6.07, 6.45) is 2.15. The molecule has 1 N–H and O–H groups in total. The van der Waals surface area contributed by atoms with Crippen LogP contribution in [0.4, 0.5) is 0 Å². The minimum Gasteiger partial charge on any atom is -0.354 e. The van der Waals surface area contributed by atoms with Crippen LogP contribution in [0.3, 0.4) is 0 Å². The number of hydrogen-bond acceptors (Lipinski definition) is 4. The number of aromatic nitrogens is 2. The van der Waals surface area contributed by atoms with E-state index in [4.69, 9.17) is 11.6 Å². The molecule has 2 aromatic carbocycles. The molecule has 0 unspecified atom stereocenters. The number of nitrogens with one attached hydrogen (secondary N) is 1. The summed E-state index contributed by atoms with van der Waals surface area (Å²) in [5.41, 5.74) is 1.60. The summed E-state index contributed by atoms with van der Waals surface area (Å²) >= 11 is 7.27. The van der Waals surface area contributed by atoms with Gasteiger partial charge in [-0.15, -0.1) is 11.3 Å². The maximum Gasteiger partial charge on any atom is 0.271 e. The van der Waals surface area contributed by atoms with Crippen LogP contribution in [0.2, 0.25) is 5.02 Å². The second-order valence-corrected chi connectivity index (χ2v) is 7.67. The van der Waals surface area contributed by atoms with Gasteiger partial charge in [-0.1, -0.05) is 41.9 Å². The summed E-state index contributed by atoms with van der Waals surface area (Å²) in [7, 11) is 0. The highest BCUT2D eigenvalue weighted by Crippen LogP contribution is 2.29. The summed E-state index contributed by atoms with van der Waals surface area (Å²) < 4.78 is 2.95. The SMILES string of the molecule is O=C(Cn1cnc2c(sc3ccccc32)c1=O)NCCc1ccc(Cl)cc1. The smallest absolute Gasteiger partial charge is 0.271 e. The number of hydrogen-bond donors (Lipinski definition) is 1. The maximum atomic E-state index is 12.7. The van der Waals surface area contributed by atoms with Crippen molar-refractivity contribution < 1.29 is 4.79 Å². The number of halogens is 1. The minimum atomic E-state index is -0.215. The number of amides is 1. The van der Waals surface area contributed by atoms with Gasteiger partial charge in [0.1, 0.15) is 11.2 Å². The van der Waals surface area contributed by atoms with Crippen LogP contribution in [-0.4, -0.2) is 22.0 Å². The molecule has 1 amide bonds. The molecule has 136 valence electrons. The van der Waals surface area contributed by atoms with Crippen LogP contribution in [0.15, 0.2) is 59.7 Å². The van der Waals surface area contributed by atoms with Crippen molar-refractivity contribution >= 4 is 49.1 Å². The van der Waals surface area contributed by atoms with Gasteiger partial charge in [0.15, 0.2) is 0 Å². The fourth-order valence-corrected chi connectivity index (χ4v) is 4.17. The molecule has 27 heavy (non-hydrogen) atoms. The molecule has 0 fully saturated rings. The largest absolute Gasteiger partial charge is 0.354 e. The van der Waals surface area contributed by atoms with Crippen LogP contribution in [0, 0.1) is 0 Å². The predicted octanol–water partition coefficient (Wildman–Crippen LogP) is 3.62. The molecule has 2 aromatic heterocycles. The van der Waals surface area contributed by atoms with Crippen molar-refractivity contribution in [3.63, 3.8) is 0 Å². The van der Waals surface area contributed by atoms with E-state index in [9.17, 15) is 9.59 Å². The summed E-state index contributed by atoms with van der Waals surface area (Å²) in [5.74, 6) is -0.215. The van der Waals surface area contributed by atoms with E-state index in [1.165, 1.54) is 22.2 Å². The lowest BCUT2D eigenvalue weighted by atomic mass is 10.1. The van der Waals surface area contributed by atoms with E-state index >= 15 is 0 Å². The Labute approximate surface area is 164 Å². The van der Waals surface area contributed by atoms with E-state index in [-0.39, 0.29) is 18.0 Å². The van der Waals surface area contributed by atoms with Gasteiger partial charge in [-0.2, -0.15) is 0 Å². The molecule has 0 radical (unpaired) electrons. The Hall–Kier alpha value is -2.70. The average Bonchev–Trinajstić information content (AvgIpc) is 3.05. The van der Waals surface area contributed by atoms with Crippen molar-refractivity contribution in [3.05, 3.63) is 75.8 Å². The minimum absolute atomic E-state index is 0.0450. The molecule has 0 aliphatic heterocycles. The van der Waals surface area contributed by atoms with Gasteiger partial charge in [0.2, 0.25) is 5.91 Å². The first-order valence-electron chi connectivity index (χ1n) is 8.49. The van der Waals surface area contributed by atoms with Crippen molar-refractivity contribution in [1.82, 2.24) is 14.9 Å². The Morgan fingerprint density at radius 2 is 1.93 bits per heavy atom. The molecule has 7 heteroatoms. The third-order valence-electron chi connectivity index (χ3n) is 4.31. The molecule has 4 aromatic rings. The molecule has 0 aliphatic rings. The van der Waals surface area contributed by atoms with Gasteiger partial charge < -0.3 is 5.32 Å². The molecular weight excluding hydrogens is 382 g/mol. The van der Waals surface area contributed by atoms with Gasteiger partial charge >= 0.3 is 0 Å². The number of rotatable bonds is 5. The Balaban J connectivity index is 1.45. The van der Waals surface area contributed by atoms with Crippen LogP contribution >= 0.6 is 22.9 Å². The molecule has 5 nitrogen and oxygen atoms in total. The van der Waals surface area contributed by atoms with Gasteiger partial charge in [-0.05, 0) is 30.2 Å². The number of carbonyl (C=O) groups is 1.